The summed E-state index contributed by atoms with van der Waals surface area (Å²) < 4.78 is 39.4. The van der Waals surface area contributed by atoms with Crippen molar-refractivity contribution in [2.75, 3.05) is 0 Å². The summed E-state index contributed by atoms with van der Waals surface area (Å²) in [4.78, 5) is 11.8. The minimum Gasteiger partial charge on any atom is -0.274 e. The molecule has 1 aromatic carbocycles. The number of aryl methyl sites for hydroxylation is 1. The van der Waals surface area contributed by atoms with Gasteiger partial charge in [0.1, 0.15) is 5.82 Å². The van der Waals surface area contributed by atoms with Gasteiger partial charge in [0.05, 0.1) is 5.75 Å². The molecule has 0 radical (unpaired) electrons. The number of nitrogens with one attached hydrogen (secondary N) is 1. The number of sulfonamides is 1. The van der Waals surface area contributed by atoms with Crippen molar-refractivity contribution >= 4 is 15.9 Å². The maximum atomic E-state index is 13.6. The van der Waals surface area contributed by atoms with Crippen LogP contribution in [0.5, 0.6) is 0 Å². The Bertz CT molecular complexity index is 644. The topological polar surface area (TPSA) is 63.2 Å². The smallest absolute Gasteiger partial charge is 0.239 e. The SMILES string of the molecule is Cc1ccc(CS(=O)(=O)NC(=O)C2CC=CC2)c(F)c1. The van der Waals surface area contributed by atoms with Gasteiger partial charge in [-0.1, -0.05) is 24.3 Å². The first kappa shape index (κ1) is 14.7. The van der Waals surface area contributed by atoms with Crippen LogP contribution in [0.2, 0.25) is 0 Å². The van der Waals surface area contributed by atoms with Gasteiger partial charge >= 0.3 is 0 Å². The fourth-order valence-corrected chi connectivity index (χ4v) is 3.27. The highest BCUT2D eigenvalue weighted by Gasteiger charge is 2.24. The lowest BCUT2D eigenvalue weighted by Gasteiger charge is -2.11. The largest absolute Gasteiger partial charge is 0.274 e. The van der Waals surface area contributed by atoms with E-state index in [9.17, 15) is 17.6 Å². The molecule has 0 saturated heterocycles. The number of hydrogen-bond acceptors (Lipinski definition) is 3. The van der Waals surface area contributed by atoms with Crippen molar-refractivity contribution < 1.29 is 17.6 Å². The van der Waals surface area contributed by atoms with E-state index in [4.69, 9.17) is 0 Å². The number of halogens is 1. The minimum absolute atomic E-state index is 0.0560. The Morgan fingerprint density at radius 1 is 1.35 bits per heavy atom. The summed E-state index contributed by atoms with van der Waals surface area (Å²) in [7, 11) is -3.87. The highest BCUT2D eigenvalue weighted by atomic mass is 32.2. The van der Waals surface area contributed by atoms with E-state index in [0.29, 0.717) is 18.4 Å². The summed E-state index contributed by atoms with van der Waals surface area (Å²) in [6.07, 6.45) is 4.77. The summed E-state index contributed by atoms with van der Waals surface area (Å²) in [5.41, 5.74) is 0.769. The summed E-state index contributed by atoms with van der Waals surface area (Å²) in [6, 6.07) is 4.33. The Labute approximate surface area is 117 Å². The Hall–Kier alpha value is -1.69. The molecule has 0 aromatic heterocycles. The zero-order valence-electron chi connectivity index (χ0n) is 11.1. The van der Waals surface area contributed by atoms with Crippen molar-refractivity contribution in [1.82, 2.24) is 4.72 Å². The fourth-order valence-electron chi connectivity index (χ4n) is 2.08. The van der Waals surface area contributed by atoms with Gasteiger partial charge in [0.25, 0.3) is 0 Å². The Balaban J connectivity index is 2.05. The van der Waals surface area contributed by atoms with Crippen LogP contribution in [0.25, 0.3) is 0 Å². The molecule has 0 heterocycles. The van der Waals surface area contributed by atoms with Gasteiger partial charge in [0, 0.05) is 11.5 Å². The number of carbonyl (C=O) groups excluding carboxylic acids is 1. The van der Waals surface area contributed by atoms with Crippen molar-refractivity contribution in [2.24, 2.45) is 5.92 Å². The average molecular weight is 297 g/mol. The molecule has 2 rings (SSSR count). The van der Waals surface area contributed by atoms with Crippen LogP contribution in [0.1, 0.15) is 24.0 Å². The number of carbonyl (C=O) groups is 1. The van der Waals surface area contributed by atoms with E-state index < -0.39 is 27.5 Å². The molecule has 108 valence electrons. The highest BCUT2D eigenvalue weighted by molar-refractivity contribution is 7.89. The van der Waals surface area contributed by atoms with Crippen LogP contribution in [0.4, 0.5) is 4.39 Å². The van der Waals surface area contributed by atoms with Crippen LogP contribution in [0.15, 0.2) is 30.4 Å². The highest BCUT2D eigenvalue weighted by Crippen LogP contribution is 2.18. The lowest BCUT2D eigenvalue weighted by atomic mass is 10.1. The summed E-state index contributed by atoms with van der Waals surface area (Å²) in [6.45, 7) is 1.72. The van der Waals surface area contributed by atoms with Crippen LogP contribution >= 0.6 is 0 Å². The van der Waals surface area contributed by atoms with E-state index in [1.165, 1.54) is 12.1 Å². The minimum atomic E-state index is -3.87. The molecule has 1 aromatic rings. The van der Waals surface area contributed by atoms with Crippen molar-refractivity contribution in [3.05, 3.63) is 47.3 Å². The van der Waals surface area contributed by atoms with E-state index in [2.05, 4.69) is 0 Å². The first-order chi connectivity index (χ1) is 9.37. The van der Waals surface area contributed by atoms with Crippen LogP contribution < -0.4 is 4.72 Å². The van der Waals surface area contributed by atoms with Crippen LogP contribution in [0, 0.1) is 18.7 Å². The van der Waals surface area contributed by atoms with Crippen LogP contribution in [0.3, 0.4) is 0 Å². The van der Waals surface area contributed by atoms with Gasteiger partial charge < -0.3 is 0 Å². The Kier molecular flexibility index (Phi) is 4.23. The molecule has 20 heavy (non-hydrogen) atoms. The quantitative estimate of drug-likeness (QED) is 0.865. The number of benzene rings is 1. The predicted octanol–water partition coefficient (Wildman–Crippen LogP) is 2.05. The number of allylic oxidation sites excluding steroid dienone is 2. The first-order valence-electron chi connectivity index (χ1n) is 6.32. The van der Waals surface area contributed by atoms with Crippen LogP contribution in [-0.2, 0) is 20.6 Å². The third kappa shape index (κ3) is 3.66. The molecule has 1 amide bonds. The van der Waals surface area contributed by atoms with Crippen LogP contribution in [-0.4, -0.2) is 14.3 Å². The van der Waals surface area contributed by atoms with Gasteiger partial charge in [-0.15, -0.1) is 0 Å². The van der Waals surface area contributed by atoms with Gasteiger partial charge in [-0.25, -0.2) is 12.8 Å². The molecule has 0 unspecified atom stereocenters. The predicted molar refractivity (Wildman–Crippen MR) is 73.8 cm³/mol. The molecule has 0 saturated carbocycles. The molecule has 0 atom stereocenters. The van der Waals surface area contributed by atoms with Gasteiger partial charge in [-0.05, 0) is 31.4 Å². The maximum absolute atomic E-state index is 13.6. The lowest BCUT2D eigenvalue weighted by Crippen LogP contribution is -2.35. The zero-order chi connectivity index (χ0) is 14.8. The fraction of sp³-hybridized carbons (Fsp3) is 0.357. The van der Waals surface area contributed by atoms with Gasteiger partial charge in [0.15, 0.2) is 0 Å². The zero-order valence-corrected chi connectivity index (χ0v) is 11.9. The number of hydrogen-bond donors (Lipinski definition) is 1. The van der Waals surface area contributed by atoms with E-state index in [-0.39, 0.29) is 11.5 Å². The normalized spacial score (nSPS) is 15.5. The van der Waals surface area contributed by atoms with Crippen molar-refractivity contribution in [2.45, 2.75) is 25.5 Å². The third-order valence-corrected chi connectivity index (χ3v) is 4.39. The standard InChI is InChI=1S/C14H16FNO3S/c1-10-6-7-12(13(15)8-10)9-20(18,19)16-14(17)11-4-2-3-5-11/h2-3,6-8,11H,4-5,9H2,1H3,(H,16,17). The molecule has 1 aliphatic rings. The average Bonchev–Trinajstić information content (AvgIpc) is 2.86. The third-order valence-electron chi connectivity index (χ3n) is 3.19. The maximum Gasteiger partial charge on any atom is 0.239 e. The number of rotatable bonds is 4. The van der Waals surface area contributed by atoms with Gasteiger partial charge in [-0.2, -0.15) is 0 Å². The second kappa shape index (κ2) is 5.75. The molecule has 0 bridgehead atoms. The molecule has 6 heteroatoms. The Morgan fingerprint density at radius 3 is 2.60 bits per heavy atom. The second-order valence-electron chi connectivity index (χ2n) is 4.96. The molecule has 1 aliphatic carbocycles. The van der Waals surface area contributed by atoms with E-state index in [1.807, 2.05) is 16.9 Å². The second-order valence-corrected chi connectivity index (χ2v) is 6.68. The molecular formula is C14H16FNO3S. The van der Waals surface area contributed by atoms with Crippen molar-refractivity contribution in [1.29, 1.82) is 0 Å². The molecule has 4 nitrogen and oxygen atoms in total. The summed E-state index contributed by atoms with van der Waals surface area (Å²) in [5.74, 6) is -1.98. The molecule has 0 aliphatic heterocycles. The molecule has 0 fully saturated rings. The lowest BCUT2D eigenvalue weighted by molar-refractivity contribution is -0.122. The first-order valence-corrected chi connectivity index (χ1v) is 7.97. The molecule has 1 N–H and O–H groups in total. The van der Waals surface area contributed by atoms with E-state index in [1.54, 1.807) is 13.0 Å². The molecule has 0 spiro atoms. The number of amides is 1. The molecular weight excluding hydrogens is 281 g/mol. The summed E-state index contributed by atoms with van der Waals surface area (Å²) >= 11 is 0. The van der Waals surface area contributed by atoms with E-state index >= 15 is 0 Å². The monoisotopic (exact) mass is 297 g/mol. The Morgan fingerprint density at radius 2 is 2.00 bits per heavy atom. The van der Waals surface area contributed by atoms with E-state index in [0.717, 1.165) is 0 Å². The van der Waals surface area contributed by atoms with Gasteiger partial charge in [-0.3, -0.25) is 9.52 Å². The van der Waals surface area contributed by atoms with Crippen molar-refractivity contribution in [3.8, 4) is 0 Å². The van der Waals surface area contributed by atoms with Crippen molar-refractivity contribution in [3.63, 3.8) is 0 Å². The summed E-state index contributed by atoms with van der Waals surface area (Å²) in [5, 5.41) is 0. The van der Waals surface area contributed by atoms with Gasteiger partial charge in [0.2, 0.25) is 15.9 Å².